The van der Waals surface area contributed by atoms with E-state index in [1.807, 2.05) is 0 Å². The number of nitro groups is 1. The molecule has 0 spiro atoms. The smallest absolute Gasteiger partial charge is 0.270 e. The highest BCUT2D eigenvalue weighted by molar-refractivity contribution is 5.45. The first-order chi connectivity index (χ1) is 9.51. The van der Waals surface area contributed by atoms with Gasteiger partial charge in [0.25, 0.3) is 5.69 Å². The van der Waals surface area contributed by atoms with E-state index in [0.717, 1.165) is 0 Å². The largest absolute Gasteiger partial charge is 0.457 e. The van der Waals surface area contributed by atoms with Crippen LogP contribution in [0, 0.1) is 22.9 Å². The van der Waals surface area contributed by atoms with Crippen molar-refractivity contribution in [2.24, 2.45) is 0 Å². The number of nitro benzene ring substituents is 1. The number of rotatable bonds is 4. The maximum atomic E-state index is 13.4. The highest BCUT2D eigenvalue weighted by atomic mass is 19.1. The SMILES string of the molecule is Cc1ccc(Oc2ccc([N+](=O)[O-])cc2CO)cc1F. The number of benzene rings is 2. The van der Waals surface area contributed by atoms with Crippen LogP contribution < -0.4 is 4.74 Å². The fourth-order valence-corrected chi connectivity index (χ4v) is 1.67. The number of aryl methyl sites for hydroxylation is 1. The zero-order valence-electron chi connectivity index (χ0n) is 10.7. The number of halogens is 1. The van der Waals surface area contributed by atoms with E-state index in [9.17, 15) is 19.6 Å². The van der Waals surface area contributed by atoms with Gasteiger partial charge in [0, 0.05) is 23.8 Å². The first kappa shape index (κ1) is 14.0. The van der Waals surface area contributed by atoms with E-state index in [0.29, 0.717) is 5.56 Å². The van der Waals surface area contributed by atoms with Crippen LogP contribution in [-0.4, -0.2) is 10.0 Å². The quantitative estimate of drug-likeness (QED) is 0.687. The molecule has 0 saturated carbocycles. The van der Waals surface area contributed by atoms with Gasteiger partial charge in [-0.3, -0.25) is 10.1 Å². The molecule has 0 unspecified atom stereocenters. The highest BCUT2D eigenvalue weighted by Gasteiger charge is 2.12. The van der Waals surface area contributed by atoms with Crippen molar-refractivity contribution in [1.29, 1.82) is 0 Å². The molecule has 0 saturated heterocycles. The van der Waals surface area contributed by atoms with E-state index < -0.39 is 17.3 Å². The van der Waals surface area contributed by atoms with Crippen molar-refractivity contribution in [3.05, 3.63) is 63.5 Å². The first-order valence-corrected chi connectivity index (χ1v) is 5.83. The molecule has 5 nitrogen and oxygen atoms in total. The van der Waals surface area contributed by atoms with Crippen LogP contribution >= 0.6 is 0 Å². The van der Waals surface area contributed by atoms with Gasteiger partial charge in [0.05, 0.1) is 11.5 Å². The van der Waals surface area contributed by atoms with E-state index in [2.05, 4.69) is 0 Å². The predicted octanol–water partition coefficient (Wildman–Crippen LogP) is 3.33. The molecule has 104 valence electrons. The number of hydrogen-bond acceptors (Lipinski definition) is 4. The van der Waals surface area contributed by atoms with Crippen LogP contribution in [0.2, 0.25) is 0 Å². The van der Waals surface area contributed by atoms with Crippen LogP contribution in [-0.2, 0) is 6.61 Å². The highest BCUT2D eigenvalue weighted by Crippen LogP contribution is 2.29. The van der Waals surface area contributed by atoms with E-state index >= 15 is 0 Å². The number of nitrogens with zero attached hydrogens (tertiary/aromatic N) is 1. The molecule has 20 heavy (non-hydrogen) atoms. The van der Waals surface area contributed by atoms with Crippen LogP contribution in [0.3, 0.4) is 0 Å². The second-order valence-corrected chi connectivity index (χ2v) is 4.22. The van der Waals surface area contributed by atoms with Gasteiger partial charge in [-0.25, -0.2) is 4.39 Å². The van der Waals surface area contributed by atoms with Gasteiger partial charge < -0.3 is 9.84 Å². The summed E-state index contributed by atoms with van der Waals surface area (Å²) >= 11 is 0. The maximum Gasteiger partial charge on any atom is 0.270 e. The predicted molar refractivity (Wildman–Crippen MR) is 70.2 cm³/mol. The Morgan fingerprint density at radius 3 is 2.65 bits per heavy atom. The van der Waals surface area contributed by atoms with Crippen LogP contribution in [0.4, 0.5) is 10.1 Å². The standard InChI is InChI=1S/C14H12FNO4/c1-9-2-4-12(7-13(9)15)20-14-5-3-11(16(18)19)6-10(14)8-17/h2-7,17H,8H2,1H3. The lowest BCUT2D eigenvalue weighted by Crippen LogP contribution is -1.95. The second kappa shape index (κ2) is 5.66. The van der Waals surface area contributed by atoms with Crippen molar-refractivity contribution >= 4 is 5.69 Å². The van der Waals surface area contributed by atoms with Crippen molar-refractivity contribution in [2.45, 2.75) is 13.5 Å². The van der Waals surface area contributed by atoms with E-state index in [-0.39, 0.29) is 22.7 Å². The molecule has 6 heteroatoms. The molecule has 2 aromatic rings. The van der Waals surface area contributed by atoms with Gasteiger partial charge in [-0.05, 0) is 24.6 Å². The molecule has 0 radical (unpaired) electrons. The molecular weight excluding hydrogens is 265 g/mol. The molecule has 1 N–H and O–H groups in total. The Balaban J connectivity index is 2.32. The summed E-state index contributed by atoms with van der Waals surface area (Å²) in [6.45, 7) is 1.22. The Kier molecular flexibility index (Phi) is 3.95. The van der Waals surface area contributed by atoms with E-state index in [4.69, 9.17) is 4.74 Å². The van der Waals surface area contributed by atoms with Crippen molar-refractivity contribution in [2.75, 3.05) is 0 Å². The van der Waals surface area contributed by atoms with Gasteiger partial charge in [0.15, 0.2) is 0 Å². The molecule has 0 aromatic heterocycles. The molecule has 0 fully saturated rings. The first-order valence-electron chi connectivity index (χ1n) is 5.83. The van der Waals surface area contributed by atoms with Gasteiger partial charge in [0.2, 0.25) is 0 Å². The summed E-state index contributed by atoms with van der Waals surface area (Å²) in [6, 6.07) is 8.23. The molecule has 0 aliphatic carbocycles. The maximum absolute atomic E-state index is 13.4. The average molecular weight is 277 g/mol. The molecule has 0 atom stereocenters. The Labute approximate surface area is 114 Å². The minimum atomic E-state index is -0.561. The molecule has 0 aliphatic rings. The fourth-order valence-electron chi connectivity index (χ4n) is 1.67. The second-order valence-electron chi connectivity index (χ2n) is 4.22. The van der Waals surface area contributed by atoms with Crippen LogP contribution in [0.1, 0.15) is 11.1 Å². The van der Waals surface area contributed by atoms with Gasteiger partial charge >= 0.3 is 0 Å². The number of aliphatic hydroxyl groups is 1. The Hall–Kier alpha value is -2.47. The molecule has 0 heterocycles. The summed E-state index contributed by atoms with van der Waals surface area (Å²) < 4.78 is 18.9. The topological polar surface area (TPSA) is 72.6 Å². The summed E-state index contributed by atoms with van der Waals surface area (Å²) in [5, 5.41) is 19.9. The normalized spacial score (nSPS) is 10.3. The zero-order valence-corrected chi connectivity index (χ0v) is 10.7. The number of hydrogen-bond donors (Lipinski definition) is 1. The Bertz CT molecular complexity index is 658. The van der Waals surface area contributed by atoms with Crippen molar-refractivity contribution in [3.63, 3.8) is 0 Å². The summed E-state index contributed by atoms with van der Waals surface area (Å²) in [4.78, 5) is 10.1. The summed E-state index contributed by atoms with van der Waals surface area (Å²) in [7, 11) is 0. The molecule has 0 aliphatic heterocycles. The lowest BCUT2D eigenvalue weighted by atomic mass is 10.2. The van der Waals surface area contributed by atoms with Gasteiger partial charge in [-0.15, -0.1) is 0 Å². The monoisotopic (exact) mass is 277 g/mol. The minimum absolute atomic E-state index is 0.142. The summed E-state index contributed by atoms with van der Waals surface area (Å²) in [5.41, 5.74) is 0.611. The zero-order chi connectivity index (χ0) is 14.7. The summed E-state index contributed by atoms with van der Waals surface area (Å²) in [5.74, 6) is 0.105. The number of ether oxygens (including phenoxy) is 1. The number of non-ortho nitro benzene ring substituents is 1. The Morgan fingerprint density at radius 1 is 1.30 bits per heavy atom. The van der Waals surface area contributed by atoms with Crippen molar-refractivity contribution < 1.29 is 19.2 Å². The Morgan fingerprint density at radius 2 is 2.05 bits per heavy atom. The molecular formula is C14H12FNO4. The minimum Gasteiger partial charge on any atom is -0.457 e. The van der Waals surface area contributed by atoms with Crippen molar-refractivity contribution in [3.8, 4) is 11.5 Å². The molecule has 0 bridgehead atoms. The lowest BCUT2D eigenvalue weighted by Gasteiger charge is -2.10. The van der Waals surface area contributed by atoms with Gasteiger partial charge in [-0.2, -0.15) is 0 Å². The van der Waals surface area contributed by atoms with Crippen LogP contribution in [0.25, 0.3) is 0 Å². The fraction of sp³-hybridized carbons (Fsp3) is 0.143. The van der Waals surface area contributed by atoms with Crippen LogP contribution in [0.5, 0.6) is 11.5 Å². The molecule has 0 amide bonds. The third-order valence-electron chi connectivity index (χ3n) is 2.80. The average Bonchev–Trinajstić information content (AvgIpc) is 2.43. The lowest BCUT2D eigenvalue weighted by molar-refractivity contribution is -0.385. The van der Waals surface area contributed by atoms with Gasteiger partial charge in [0.1, 0.15) is 17.3 Å². The van der Waals surface area contributed by atoms with Crippen LogP contribution in [0.15, 0.2) is 36.4 Å². The third-order valence-corrected chi connectivity index (χ3v) is 2.80. The molecule has 2 aromatic carbocycles. The third kappa shape index (κ3) is 2.92. The van der Waals surface area contributed by atoms with Gasteiger partial charge in [-0.1, -0.05) is 6.07 Å². The van der Waals surface area contributed by atoms with E-state index in [1.54, 1.807) is 19.1 Å². The number of aliphatic hydroxyl groups excluding tert-OH is 1. The van der Waals surface area contributed by atoms with Crippen molar-refractivity contribution in [1.82, 2.24) is 0 Å². The molecule has 2 rings (SSSR count). The van der Waals surface area contributed by atoms with E-state index in [1.165, 1.54) is 24.3 Å². The summed E-state index contributed by atoms with van der Waals surface area (Å²) in [6.07, 6.45) is 0.